The van der Waals surface area contributed by atoms with E-state index in [4.69, 9.17) is 4.98 Å². The Hall–Kier alpha value is -2.09. The van der Waals surface area contributed by atoms with E-state index in [1.165, 1.54) is 19.9 Å². The molecule has 0 unspecified atom stereocenters. The molecule has 1 heterocycles. The molecule has 1 aromatic heterocycles. The number of hydrogen-bond donors (Lipinski definition) is 2. The maximum absolute atomic E-state index is 13.3. The second kappa shape index (κ2) is 7.87. The van der Waals surface area contributed by atoms with Gasteiger partial charge in [-0.05, 0) is 56.2 Å². The van der Waals surface area contributed by atoms with Crippen LogP contribution in [-0.4, -0.2) is 42.3 Å². The quantitative estimate of drug-likeness (QED) is 0.697. The molecule has 2 N–H and O–H groups in total. The lowest BCUT2D eigenvalue weighted by Crippen LogP contribution is -2.46. The van der Waals surface area contributed by atoms with Crippen LogP contribution in [0.25, 0.3) is 11.0 Å². The monoisotopic (exact) mass is 434 g/mol. The van der Waals surface area contributed by atoms with Crippen molar-refractivity contribution in [3.63, 3.8) is 0 Å². The Balaban J connectivity index is 1.98. The van der Waals surface area contributed by atoms with E-state index in [9.17, 15) is 13.2 Å². The number of imidazole rings is 1. The standard InChI is InChI=1S/C22H34N4O3S/c1-21(2,3)12-19-25-17-11-16(9-10-18(17)26(19)13-15-7-8-15)30(28,29)22(4,5)14-24-20(27)23-6/h9-11,15H,7-8,12-14H2,1-6H3,(H2,23,24,27). The van der Waals surface area contributed by atoms with Crippen LogP contribution in [0.15, 0.2) is 23.1 Å². The molecule has 1 aromatic carbocycles. The van der Waals surface area contributed by atoms with Crippen LogP contribution in [0.2, 0.25) is 0 Å². The molecule has 0 aliphatic heterocycles. The average molecular weight is 435 g/mol. The summed E-state index contributed by atoms with van der Waals surface area (Å²) < 4.78 is 27.7. The number of benzene rings is 1. The number of fused-ring (bicyclic) bond motifs is 1. The SMILES string of the molecule is CNC(=O)NCC(C)(C)S(=O)(=O)c1ccc2c(c1)nc(CC(C)(C)C)n2CC1CC1. The van der Waals surface area contributed by atoms with Gasteiger partial charge in [0.2, 0.25) is 0 Å². The summed E-state index contributed by atoms with van der Waals surface area (Å²) in [4.78, 5) is 16.6. The number of sulfone groups is 1. The van der Waals surface area contributed by atoms with Gasteiger partial charge in [0.1, 0.15) is 5.82 Å². The molecule has 8 heteroatoms. The van der Waals surface area contributed by atoms with Gasteiger partial charge < -0.3 is 15.2 Å². The van der Waals surface area contributed by atoms with Crippen LogP contribution in [0.4, 0.5) is 4.79 Å². The fraction of sp³-hybridized carbons (Fsp3) is 0.636. The smallest absolute Gasteiger partial charge is 0.314 e. The lowest BCUT2D eigenvalue weighted by atomic mass is 9.92. The highest BCUT2D eigenvalue weighted by Crippen LogP contribution is 2.35. The highest BCUT2D eigenvalue weighted by atomic mass is 32.2. The molecule has 30 heavy (non-hydrogen) atoms. The van der Waals surface area contributed by atoms with Gasteiger partial charge in [-0.25, -0.2) is 18.2 Å². The molecular weight excluding hydrogens is 400 g/mol. The highest BCUT2D eigenvalue weighted by molar-refractivity contribution is 7.92. The summed E-state index contributed by atoms with van der Waals surface area (Å²) in [7, 11) is -2.18. The molecule has 0 bridgehead atoms. The van der Waals surface area contributed by atoms with E-state index in [0.717, 1.165) is 24.3 Å². The van der Waals surface area contributed by atoms with Gasteiger partial charge in [-0.15, -0.1) is 0 Å². The van der Waals surface area contributed by atoms with Gasteiger partial charge in [0.05, 0.1) is 20.7 Å². The molecule has 1 saturated carbocycles. The Kier molecular flexibility index (Phi) is 5.93. The van der Waals surface area contributed by atoms with Gasteiger partial charge in [-0.3, -0.25) is 0 Å². The first-order valence-corrected chi connectivity index (χ1v) is 12.0. The fourth-order valence-electron chi connectivity index (χ4n) is 3.49. The average Bonchev–Trinajstić information content (AvgIpc) is 3.40. The van der Waals surface area contributed by atoms with Crippen molar-refractivity contribution in [2.45, 2.75) is 70.1 Å². The summed E-state index contributed by atoms with van der Waals surface area (Å²) in [6, 6.07) is 4.83. The van der Waals surface area contributed by atoms with Crippen LogP contribution in [0.5, 0.6) is 0 Å². The molecule has 2 aromatic rings. The van der Waals surface area contributed by atoms with Crippen molar-refractivity contribution in [3.8, 4) is 0 Å². The van der Waals surface area contributed by atoms with Crippen LogP contribution >= 0.6 is 0 Å². The number of hydrogen-bond acceptors (Lipinski definition) is 4. The van der Waals surface area contributed by atoms with Crippen LogP contribution in [-0.2, 0) is 22.8 Å². The van der Waals surface area contributed by atoms with E-state index in [0.29, 0.717) is 11.4 Å². The van der Waals surface area contributed by atoms with Crippen molar-refractivity contribution in [2.24, 2.45) is 11.3 Å². The van der Waals surface area contributed by atoms with E-state index in [2.05, 4.69) is 36.0 Å². The third kappa shape index (κ3) is 4.79. The molecule has 1 aliphatic rings. The number of nitrogens with zero attached hydrogens (tertiary/aromatic N) is 2. The molecule has 7 nitrogen and oxygen atoms in total. The van der Waals surface area contributed by atoms with Crippen LogP contribution in [0, 0.1) is 11.3 Å². The zero-order valence-electron chi connectivity index (χ0n) is 18.9. The van der Waals surface area contributed by atoms with Gasteiger partial charge in [-0.1, -0.05) is 20.8 Å². The van der Waals surface area contributed by atoms with E-state index in [1.54, 1.807) is 26.0 Å². The second-order valence-electron chi connectivity index (χ2n) is 10.2. The number of aromatic nitrogens is 2. The molecule has 1 fully saturated rings. The normalized spacial score (nSPS) is 15.4. The second-order valence-corrected chi connectivity index (χ2v) is 12.7. The Morgan fingerprint density at radius 2 is 1.87 bits per heavy atom. The lowest BCUT2D eigenvalue weighted by Gasteiger charge is -2.25. The van der Waals surface area contributed by atoms with Crippen molar-refractivity contribution in [3.05, 3.63) is 24.0 Å². The van der Waals surface area contributed by atoms with Gasteiger partial charge >= 0.3 is 6.03 Å². The molecular formula is C22H34N4O3S. The molecule has 0 radical (unpaired) electrons. The van der Waals surface area contributed by atoms with Crippen LogP contribution in [0.3, 0.4) is 0 Å². The van der Waals surface area contributed by atoms with E-state index < -0.39 is 20.6 Å². The lowest BCUT2D eigenvalue weighted by molar-refractivity contribution is 0.242. The maximum Gasteiger partial charge on any atom is 0.314 e. The summed E-state index contributed by atoms with van der Waals surface area (Å²) in [6.07, 6.45) is 3.32. The molecule has 2 amide bonds. The van der Waals surface area contributed by atoms with Crippen LogP contribution < -0.4 is 10.6 Å². The van der Waals surface area contributed by atoms with E-state index in [-0.39, 0.29) is 16.9 Å². The molecule has 3 rings (SSSR count). The molecule has 0 spiro atoms. The minimum Gasteiger partial charge on any atom is -0.341 e. The van der Waals surface area contributed by atoms with E-state index in [1.807, 2.05) is 6.07 Å². The summed E-state index contributed by atoms with van der Waals surface area (Å²) in [5.41, 5.74) is 1.79. The van der Waals surface area contributed by atoms with Crippen molar-refractivity contribution in [1.29, 1.82) is 0 Å². The van der Waals surface area contributed by atoms with Crippen molar-refractivity contribution >= 4 is 26.9 Å². The first-order valence-electron chi connectivity index (χ1n) is 10.5. The third-order valence-corrected chi connectivity index (χ3v) is 8.04. The van der Waals surface area contributed by atoms with Crippen molar-refractivity contribution in [2.75, 3.05) is 13.6 Å². The minimum absolute atomic E-state index is 0.0123. The zero-order chi connectivity index (χ0) is 22.3. The molecule has 1 aliphatic carbocycles. The number of rotatable bonds is 7. The Bertz CT molecular complexity index is 1040. The predicted octanol–water partition coefficient (Wildman–Crippen LogP) is 3.52. The number of nitrogens with one attached hydrogen (secondary N) is 2. The van der Waals surface area contributed by atoms with Crippen LogP contribution in [0.1, 0.15) is 53.3 Å². The highest BCUT2D eigenvalue weighted by Gasteiger charge is 2.36. The van der Waals surface area contributed by atoms with Gasteiger partial charge in [0.15, 0.2) is 9.84 Å². The van der Waals surface area contributed by atoms with Gasteiger partial charge in [0.25, 0.3) is 0 Å². The summed E-state index contributed by atoms with van der Waals surface area (Å²) in [5.74, 6) is 1.71. The third-order valence-electron chi connectivity index (χ3n) is 5.56. The zero-order valence-corrected chi connectivity index (χ0v) is 19.7. The molecule has 166 valence electrons. The van der Waals surface area contributed by atoms with Gasteiger partial charge in [-0.2, -0.15) is 0 Å². The number of urea groups is 1. The molecule has 0 saturated heterocycles. The Morgan fingerprint density at radius 1 is 1.20 bits per heavy atom. The number of carbonyl (C=O) groups excluding carboxylic acids is 1. The topological polar surface area (TPSA) is 93.1 Å². The summed E-state index contributed by atoms with van der Waals surface area (Å²) >= 11 is 0. The minimum atomic E-state index is -3.68. The fourth-order valence-corrected chi connectivity index (χ4v) is 4.91. The predicted molar refractivity (Wildman–Crippen MR) is 119 cm³/mol. The van der Waals surface area contributed by atoms with Crippen molar-refractivity contribution in [1.82, 2.24) is 20.2 Å². The Morgan fingerprint density at radius 3 is 2.43 bits per heavy atom. The maximum atomic E-state index is 13.3. The first kappa shape index (κ1) is 22.6. The summed E-state index contributed by atoms with van der Waals surface area (Å²) in [5, 5.41) is 5.05. The number of amides is 2. The molecule has 0 atom stereocenters. The first-order chi connectivity index (χ1) is 13.8. The van der Waals surface area contributed by atoms with Crippen molar-refractivity contribution < 1.29 is 13.2 Å². The largest absolute Gasteiger partial charge is 0.341 e. The number of carbonyl (C=O) groups is 1. The Labute approximate surface area is 179 Å². The summed E-state index contributed by atoms with van der Waals surface area (Å²) in [6.45, 7) is 10.8. The van der Waals surface area contributed by atoms with E-state index >= 15 is 0 Å². The van der Waals surface area contributed by atoms with Gasteiger partial charge in [0, 0.05) is 26.6 Å².